The average Bonchev–Trinajstić information content (AvgIpc) is 3.34. The molecule has 1 atom stereocenters. The number of hydrogen-bond acceptors (Lipinski definition) is 5. The van der Waals surface area contributed by atoms with Gasteiger partial charge in [-0.2, -0.15) is 0 Å². The first-order chi connectivity index (χ1) is 16.2. The summed E-state index contributed by atoms with van der Waals surface area (Å²) in [6.45, 7) is 3.49. The Morgan fingerprint density at radius 1 is 1.32 bits per heavy atom. The predicted molar refractivity (Wildman–Crippen MR) is 125 cm³/mol. The van der Waals surface area contributed by atoms with Crippen molar-refractivity contribution in [2.24, 2.45) is 5.92 Å². The van der Waals surface area contributed by atoms with E-state index in [1.807, 2.05) is 0 Å². The van der Waals surface area contributed by atoms with Crippen molar-refractivity contribution in [1.82, 2.24) is 14.9 Å². The third kappa shape index (κ3) is 4.25. The van der Waals surface area contributed by atoms with Crippen LogP contribution in [-0.2, 0) is 10.7 Å². The maximum absolute atomic E-state index is 15.7. The molecular formula is C23H19Cl2F3N4O2. The van der Waals surface area contributed by atoms with Crippen molar-refractivity contribution < 1.29 is 22.7 Å². The zero-order valence-electron chi connectivity index (χ0n) is 17.9. The van der Waals surface area contributed by atoms with Gasteiger partial charge in [-0.3, -0.25) is 4.79 Å². The zero-order valence-corrected chi connectivity index (χ0v) is 19.4. The molecule has 1 aromatic heterocycles. The summed E-state index contributed by atoms with van der Waals surface area (Å²) < 4.78 is 51.2. The number of nitrogens with one attached hydrogen (secondary N) is 1. The minimum Gasteiger partial charge on any atom is -0.496 e. The first kappa shape index (κ1) is 24.1. The van der Waals surface area contributed by atoms with Gasteiger partial charge in [0.1, 0.15) is 17.9 Å². The van der Waals surface area contributed by atoms with Gasteiger partial charge >= 0.3 is 0 Å². The lowest BCUT2D eigenvalue weighted by molar-refractivity contribution is -0.126. The fraction of sp³-hybridized carbons (Fsp3) is 0.261. The van der Waals surface area contributed by atoms with Gasteiger partial charge in [-0.25, -0.2) is 23.1 Å². The number of hydrogen-bond donors (Lipinski definition) is 1. The lowest BCUT2D eigenvalue weighted by Crippen LogP contribution is -2.32. The monoisotopic (exact) mass is 510 g/mol. The molecule has 0 spiro atoms. The molecule has 1 saturated heterocycles. The Kier molecular flexibility index (Phi) is 6.60. The van der Waals surface area contributed by atoms with Crippen molar-refractivity contribution in [2.75, 3.05) is 25.5 Å². The van der Waals surface area contributed by atoms with E-state index in [-0.39, 0.29) is 57.8 Å². The van der Waals surface area contributed by atoms with Crippen LogP contribution in [0.25, 0.3) is 10.9 Å². The molecule has 6 nitrogen and oxygen atoms in total. The van der Waals surface area contributed by atoms with Crippen LogP contribution in [0.4, 0.5) is 24.7 Å². The molecule has 34 heavy (non-hydrogen) atoms. The van der Waals surface area contributed by atoms with E-state index in [9.17, 15) is 9.18 Å². The summed E-state index contributed by atoms with van der Waals surface area (Å²) in [6.07, 6.45) is 2.43. The Balaban J connectivity index is 1.77. The largest absolute Gasteiger partial charge is 0.496 e. The van der Waals surface area contributed by atoms with Gasteiger partial charge in [0.2, 0.25) is 5.91 Å². The van der Waals surface area contributed by atoms with Gasteiger partial charge in [0, 0.05) is 30.5 Å². The Labute approximate surface area is 203 Å². The third-order valence-electron chi connectivity index (χ3n) is 5.79. The number of alkyl halides is 2. The Hall–Kier alpha value is -3.04. The lowest BCUT2D eigenvalue weighted by atomic mass is 9.92. The number of carbonyl (C=O) groups is 1. The first-order valence-electron chi connectivity index (χ1n) is 10.2. The molecule has 0 bridgehead atoms. The van der Waals surface area contributed by atoms with Crippen molar-refractivity contribution >= 4 is 51.5 Å². The second-order valence-corrected chi connectivity index (χ2v) is 8.52. The summed E-state index contributed by atoms with van der Waals surface area (Å²) >= 11 is 11.7. The fourth-order valence-corrected chi connectivity index (χ4v) is 4.28. The Bertz CT molecular complexity index is 1290. The van der Waals surface area contributed by atoms with E-state index >= 15 is 8.78 Å². The van der Waals surface area contributed by atoms with Gasteiger partial charge in [-0.05, 0) is 30.7 Å². The number of aromatic nitrogens is 2. The second-order valence-electron chi connectivity index (χ2n) is 7.74. The molecule has 2 heterocycles. The van der Waals surface area contributed by atoms with Gasteiger partial charge in [0.25, 0.3) is 5.92 Å². The average molecular weight is 511 g/mol. The lowest BCUT2D eigenvalue weighted by Gasteiger charge is -2.26. The van der Waals surface area contributed by atoms with Crippen molar-refractivity contribution in [1.29, 1.82) is 0 Å². The number of rotatable bonds is 6. The van der Waals surface area contributed by atoms with Crippen LogP contribution >= 0.6 is 23.2 Å². The third-order valence-corrected chi connectivity index (χ3v) is 6.57. The van der Waals surface area contributed by atoms with Gasteiger partial charge in [0.05, 0.1) is 33.9 Å². The van der Waals surface area contributed by atoms with E-state index in [4.69, 9.17) is 27.9 Å². The van der Waals surface area contributed by atoms with Gasteiger partial charge in [-0.15, -0.1) is 0 Å². The summed E-state index contributed by atoms with van der Waals surface area (Å²) in [6, 6.07) is 5.36. The minimum atomic E-state index is -3.34. The molecule has 11 heteroatoms. The van der Waals surface area contributed by atoms with Crippen LogP contribution in [0.2, 0.25) is 10.0 Å². The quantitative estimate of drug-likeness (QED) is 0.327. The molecule has 1 unspecified atom stereocenters. The molecule has 1 amide bonds. The highest BCUT2D eigenvalue weighted by atomic mass is 35.5. The van der Waals surface area contributed by atoms with Crippen LogP contribution in [0.5, 0.6) is 5.75 Å². The zero-order chi connectivity index (χ0) is 24.6. The Morgan fingerprint density at radius 2 is 2.09 bits per heavy atom. The number of ether oxygens (including phenoxy) is 1. The number of nitrogens with zero attached hydrogens (tertiary/aromatic N) is 3. The van der Waals surface area contributed by atoms with E-state index in [0.29, 0.717) is 5.52 Å². The highest BCUT2D eigenvalue weighted by Gasteiger charge is 2.47. The maximum Gasteiger partial charge on any atom is 0.281 e. The molecule has 0 aliphatic carbocycles. The topological polar surface area (TPSA) is 67.4 Å². The van der Waals surface area contributed by atoms with Crippen LogP contribution in [0.15, 0.2) is 43.2 Å². The highest BCUT2D eigenvalue weighted by molar-refractivity contribution is 6.42. The highest BCUT2D eigenvalue weighted by Crippen LogP contribution is 2.46. The van der Waals surface area contributed by atoms with Crippen LogP contribution in [0.3, 0.4) is 0 Å². The molecule has 1 N–H and O–H groups in total. The SMILES string of the molecule is C=CC(=O)N1CCC(C(F)(F)c2cc3c(Nc4ccc(Cl)c(Cl)c4F)ncnc3cc2OC)C1. The van der Waals surface area contributed by atoms with E-state index < -0.39 is 23.6 Å². The van der Waals surface area contributed by atoms with Crippen LogP contribution in [-0.4, -0.2) is 41.0 Å². The Morgan fingerprint density at radius 3 is 2.79 bits per heavy atom. The number of anilines is 2. The summed E-state index contributed by atoms with van der Waals surface area (Å²) in [5.74, 6) is -5.63. The van der Waals surface area contributed by atoms with E-state index in [0.717, 1.165) is 6.08 Å². The van der Waals surface area contributed by atoms with Crippen molar-refractivity contribution in [3.8, 4) is 5.75 Å². The molecule has 3 aromatic rings. The van der Waals surface area contributed by atoms with Crippen molar-refractivity contribution in [3.63, 3.8) is 0 Å². The number of fused-ring (bicyclic) bond motifs is 1. The van der Waals surface area contributed by atoms with Crippen LogP contribution < -0.4 is 10.1 Å². The number of methoxy groups -OCH3 is 1. The molecule has 0 radical (unpaired) electrons. The molecule has 4 rings (SSSR count). The number of carbonyl (C=O) groups excluding carboxylic acids is 1. The van der Waals surface area contributed by atoms with E-state index in [1.165, 1.54) is 42.6 Å². The normalized spacial score (nSPS) is 16.1. The minimum absolute atomic E-state index is 0.0319. The molecule has 1 aliphatic rings. The summed E-state index contributed by atoms with van der Waals surface area (Å²) in [4.78, 5) is 21.4. The second kappa shape index (κ2) is 9.31. The first-order valence-corrected chi connectivity index (χ1v) is 11.0. The van der Waals surface area contributed by atoms with E-state index in [1.54, 1.807) is 0 Å². The summed E-state index contributed by atoms with van der Waals surface area (Å²) in [5.41, 5.74) is -0.106. The van der Waals surface area contributed by atoms with Crippen LogP contribution in [0.1, 0.15) is 12.0 Å². The molecule has 1 fully saturated rings. The molecule has 178 valence electrons. The number of halogens is 5. The molecule has 0 saturated carbocycles. The van der Waals surface area contributed by atoms with Crippen molar-refractivity contribution in [2.45, 2.75) is 12.3 Å². The molecular weight excluding hydrogens is 492 g/mol. The smallest absolute Gasteiger partial charge is 0.281 e. The van der Waals surface area contributed by atoms with Gasteiger partial charge in [-0.1, -0.05) is 29.8 Å². The number of benzene rings is 2. The van der Waals surface area contributed by atoms with Crippen LogP contribution in [0, 0.1) is 11.7 Å². The van der Waals surface area contributed by atoms with Gasteiger partial charge in [0.15, 0.2) is 5.82 Å². The maximum atomic E-state index is 15.7. The molecule has 1 aliphatic heterocycles. The summed E-state index contributed by atoms with van der Waals surface area (Å²) in [5, 5.41) is 2.76. The fourth-order valence-electron chi connectivity index (χ4n) is 3.97. The molecule has 2 aromatic carbocycles. The van der Waals surface area contributed by atoms with Gasteiger partial charge < -0.3 is 15.0 Å². The summed E-state index contributed by atoms with van der Waals surface area (Å²) in [7, 11) is 1.29. The number of likely N-dealkylation sites (tertiary alicyclic amines) is 1. The van der Waals surface area contributed by atoms with E-state index in [2.05, 4.69) is 21.9 Å². The standard InChI is InChI=1S/C23H19Cl2F3N4O2/c1-3-19(33)32-7-6-12(10-32)23(27,28)14-8-13-17(9-18(14)34-2)29-11-30-22(13)31-16-5-4-15(24)20(25)21(16)26/h3-5,8-9,11-12H,1,6-7,10H2,2H3,(H,29,30,31). The predicted octanol–water partition coefficient (Wildman–Crippen LogP) is 5.95. The van der Waals surface area contributed by atoms with Crippen molar-refractivity contribution in [3.05, 3.63) is 64.7 Å². The number of amides is 1.